The van der Waals surface area contributed by atoms with E-state index in [2.05, 4.69) is 11.4 Å². The van der Waals surface area contributed by atoms with Gasteiger partial charge in [0.1, 0.15) is 6.16 Å². The summed E-state index contributed by atoms with van der Waals surface area (Å²) >= 11 is 0. The second-order valence-electron chi connectivity index (χ2n) is 8.13. The lowest BCUT2D eigenvalue weighted by Gasteiger charge is -2.15. The number of unbranched alkanes of at least 4 members (excludes halogenated alkanes) is 15. The van der Waals surface area contributed by atoms with E-state index in [4.69, 9.17) is 9.84 Å². The molecular formula is C22H45O7P. The molecule has 0 aliphatic heterocycles. The summed E-state index contributed by atoms with van der Waals surface area (Å²) in [5.74, 6) is -1.46. The molecule has 3 N–H and O–H groups in total. The molecule has 0 fully saturated rings. The number of hydrogen-bond donors (Lipinski definition) is 3. The van der Waals surface area contributed by atoms with E-state index >= 15 is 0 Å². The van der Waals surface area contributed by atoms with Gasteiger partial charge in [0.25, 0.3) is 0 Å². The number of rotatable bonds is 23. The molecule has 0 saturated heterocycles. The van der Waals surface area contributed by atoms with Crippen LogP contribution in [0.3, 0.4) is 0 Å². The van der Waals surface area contributed by atoms with Crippen LogP contribution in [0.2, 0.25) is 0 Å². The zero-order valence-corrected chi connectivity index (χ0v) is 19.8. The van der Waals surface area contributed by atoms with Gasteiger partial charge in [-0.05, 0) is 6.42 Å². The summed E-state index contributed by atoms with van der Waals surface area (Å²) in [7, 11) is -4.33. The van der Waals surface area contributed by atoms with Gasteiger partial charge in [0.15, 0.2) is 6.29 Å². The number of hydrogen-bond acceptors (Lipinski definition) is 5. The van der Waals surface area contributed by atoms with Crippen LogP contribution in [0.4, 0.5) is 0 Å². The van der Waals surface area contributed by atoms with Crippen LogP contribution >= 0.6 is 7.60 Å². The lowest BCUT2D eigenvalue weighted by molar-refractivity contribution is -0.134. The molecule has 7 nitrogen and oxygen atoms in total. The molecule has 0 spiro atoms. The summed E-state index contributed by atoms with van der Waals surface area (Å²) in [5, 5.41) is 17.9. The first-order chi connectivity index (χ1) is 14.4. The van der Waals surface area contributed by atoms with Crippen LogP contribution in [-0.4, -0.2) is 46.7 Å². The first kappa shape index (κ1) is 29.5. The number of aliphatic hydroxyl groups is 1. The van der Waals surface area contributed by atoms with E-state index in [1.165, 1.54) is 83.5 Å². The standard InChI is InChI=1S/C22H45O7P/c1-2-3-4-5-6-7-8-9-10-11-12-13-14-15-16-17-18-28-19-22(25)29-30(26,27)20-21(23)24/h22,25H,2-20H2,1H3,(H,23,24)(H,26,27). The molecule has 0 amide bonds. The zero-order valence-electron chi connectivity index (χ0n) is 18.9. The lowest BCUT2D eigenvalue weighted by Crippen LogP contribution is -2.20. The molecule has 0 aliphatic carbocycles. The highest BCUT2D eigenvalue weighted by atomic mass is 31.2. The fourth-order valence-corrected chi connectivity index (χ4v) is 4.22. The highest BCUT2D eigenvalue weighted by Crippen LogP contribution is 2.42. The van der Waals surface area contributed by atoms with Crippen molar-refractivity contribution >= 4 is 13.6 Å². The maximum atomic E-state index is 11.4. The Bertz CT molecular complexity index is 445. The Hall–Kier alpha value is -0.460. The zero-order chi connectivity index (χ0) is 22.5. The van der Waals surface area contributed by atoms with Gasteiger partial charge in [-0.1, -0.05) is 103 Å². The third kappa shape index (κ3) is 22.2. The molecule has 0 rings (SSSR count). The quantitative estimate of drug-likeness (QED) is 0.101. The summed E-state index contributed by atoms with van der Waals surface area (Å²) in [6.07, 6.45) is 18.0. The van der Waals surface area contributed by atoms with Crippen LogP contribution in [0, 0.1) is 0 Å². The molecule has 0 aromatic rings. The van der Waals surface area contributed by atoms with Crippen LogP contribution in [0.25, 0.3) is 0 Å². The average molecular weight is 453 g/mol. The van der Waals surface area contributed by atoms with Gasteiger partial charge >= 0.3 is 13.6 Å². The number of carboxylic acids is 1. The summed E-state index contributed by atoms with van der Waals surface area (Å²) < 4.78 is 21.0. The van der Waals surface area contributed by atoms with Crippen molar-refractivity contribution in [2.75, 3.05) is 19.4 Å². The van der Waals surface area contributed by atoms with Crippen molar-refractivity contribution in [1.29, 1.82) is 0 Å². The van der Waals surface area contributed by atoms with Crippen molar-refractivity contribution in [3.05, 3.63) is 0 Å². The third-order valence-electron chi connectivity index (χ3n) is 5.02. The molecule has 30 heavy (non-hydrogen) atoms. The lowest BCUT2D eigenvalue weighted by atomic mass is 10.0. The minimum Gasteiger partial charge on any atom is -0.481 e. The van der Waals surface area contributed by atoms with E-state index in [0.29, 0.717) is 6.61 Å². The molecule has 180 valence electrons. The van der Waals surface area contributed by atoms with Gasteiger partial charge in [-0.3, -0.25) is 13.9 Å². The Morgan fingerprint density at radius 1 is 0.800 bits per heavy atom. The van der Waals surface area contributed by atoms with Crippen LogP contribution in [-0.2, 0) is 18.6 Å². The van der Waals surface area contributed by atoms with Crippen molar-refractivity contribution in [3.63, 3.8) is 0 Å². The molecule has 8 heteroatoms. The Balaban J connectivity index is 3.28. The molecule has 0 aliphatic rings. The fourth-order valence-electron chi connectivity index (χ4n) is 3.37. The van der Waals surface area contributed by atoms with E-state index in [1.54, 1.807) is 0 Å². The number of ether oxygens (including phenoxy) is 1. The van der Waals surface area contributed by atoms with E-state index in [1.807, 2.05) is 0 Å². The monoisotopic (exact) mass is 452 g/mol. The number of aliphatic hydroxyl groups excluding tert-OH is 1. The van der Waals surface area contributed by atoms with Gasteiger partial charge in [0.05, 0.1) is 6.61 Å². The van der Waals surface area contributed by atoms with Gasteiger partial charge < -0.3 is 19.8 Å². The third-order valence-corrected chi connectivity index (χ3v) is 6.27. The second-order valence-corrected chi connectivity index (χ2v) is 9.93. The normalized spacial score (nSPS) is 14.5. The smallest absolute Gasteiger partial charge is 0.341 e. The molecule has 0 aromatic carbocycles. The Kier molecular flexibility index (Phi) is 20.1. The highest BCUT2D eigenvalue weighted by molar-refractivity contribution is 7.53. The average Bonchev–Trinajstić information content (AvgIpc) is 2.65. The van der Waals surface area contributed by atoms with Crippen LogP contribution in [0.15, 0.2) is 0 Å². The second kappa shape index (κ2) is 20.4. The van der Waals surface area contributed by atoms with Crippen molar-refractivity contribution in [1.82, 2.24) is 0 Å². The number of carboxylic acid groups (broad SMARTS) is 1. The summed E-state index contributed by atoms with van der Waals surface area (Å²) in [6, 6.07) is 0. The van der Waals surface area contributed by atoms with E-state index in [0.717, 1.165) is 19.3 Å². The molecule has 0 radical (unpaired) electrons. The van der Waals surface area contributed by atoms with Crippen molar-refractivity contribution in [2.24, 2.45) is 0 Å². The minimum atomic E-state index is -4.33. The van der Waals surface area contributed by atoms with Crippen LogP contribution in [0.1, 0.15) is 110 Å². The molecule has 0 aromatic heterocycles. The van der Waals surface area contributed by atoms with E-state index in [9.17, 15) is 19.4 Å². The largest absolute Gasteiger partial charge is 0.481 e. The SMILES string of the molecule is CCCCCCCCCCCCCCCCCCOCC(O)OP(=O)(O)CC(=O)O. The number of carbonyl (C=O) groups is 1. The van der Waals surface area contributed by atoms with E-state index in [-0.39, 0.29) is 6.61 Å². The maximum absolute atomic E-state index is 11.4. The first-order valence-electron chi connectivity index (χ1n) is 11.8. The Labute approximate surface area is 183 Å². The van der Waals surface area contributed by atoms with Crippen LogP contribution < -0.4 is 0 Å². The number of aliphatic carboxylic acids is 1. The van der Waals surface area contributed by atoms with Crippen molar-refractivity contribution < 1.29 is 33.7 Å². The van der Waals surface area contributed by atoms with Gasteiger partial charge in [-0.25, -0.2) is 0 Å². The Morgan fingerprint density at radius 3 is 1.60 bits per heavy atom. The summed E-state index contributed by atoms with van der Waals surface area (Å²) in [5.41, 5.74) is 0. The molecule has 0 bridgehead atoms. The van der Waals surface area contributed by atoms with Gasteiger partial charge in [0.2, 0.25) is 0 Å². The predicted molar refractivity (Wildman–Crippen MR) is 120 cm³/mol. The minimum absolute atomic E-state index is 0.247. The van der Waals surface area contributed by atoms with Crippen molar-refractivity contribution in [3.8, 4) is 0 Å². The topological polar surface area (TPSA) is 113 Å². The van der Waals surface area contributed by atoms with Gasteiger partial charge in [-0.2, -0.15) is 0 Å². The molecular weight excluding hydrogens is 407 g/mol. The predicted octanol–water partition coefficient (Wildman–Crippen LogP) is 5.87. The van der Waals surface area contributed by atoms with Crippen LogP contribution in [0.5, 0.6) is 0 Å². The molecule has 2 atom stereocenters. The fraction of sp³-hybridized carbons (Fsp3) is 0.955. The molecule has 0 saturated carbocycles. The van der Waals surface area contributed by atoms with E-state index < -0.39 is 26.0 Å². The van der Waals surface area contributed by atoms with Gasteiger partial charge in [0, 0.05) is 6.61 Å². The van der Waals surface area contributed by atoms with Crippen molar-refractivity contribution in [2.45, 2.75) is 116 Å². The highest BCUT2D eigenvalue weighted by Gasteiger charge is 2.27. The maximum Gasteiger partial charge on any atom is 0.341 e. The molecule has 2 unspecified atom stereocenters. The summed E-state index contributed by atoms with van der Waals surface area (Å²) in [6.45, 7) is 2.45. The van der Waals surface area contributed by atoms with Gasteiger partial charge in [-0.15, -0.1) is 0 Å². The first-order valence-corrected chi connectivity index (χ1v) is 13.6. The molecule has 0 heterocycles. The Morgan fingerprint density at radius 2 is 1.20 bits per heavy atom. The summed E-state index contributed by atoms with van der Waals surface area (Å²) in [4.78, 5) is 19.6.